The molecule has 0 aliphatic rings. The van der Waals surface area contributed by atoms with Crippen LogP contribution in [0.15, 0.2) is 23.1 Å². The van der Waals surface area contributed by atoms with Crippen molar-refractivity contribution in [3.8, 4) is 0 Å². The first-order chi connectivity index (χ1) is 15.0. The van der Waals surface area contributed by atoms with Gasteiger partial charge in [0.05, 0.1) is 8.84 Å². The Balaban J connectivity index is 2.48. The highest BCUT2D eigenvalue weighted by atomic mass is 32.3. The normalized spacial score (nSPS) is 13.4. The number of hydrogen-bond donors (Lipinski definition) is 1. The zero-order valence-corrected chi connectivity index (χ0v) is 21.1. The Morgan fingerprint density at radius 3 is 1.65 bits per heavy atom. The standard InChI is InChI=1S/C26H48NO3S/c1-3-5-7-9-11-13-15-17-19-24-21-22-26(31(28,29)30-27)25(23-24)20-18-16-14-12-10-8-6-4-2/h21-23H,3-20H2,1-2,27H3/q+2. The van der Waals surface area contributed by atoms with Crippen LogP contribution in [0.3, 0.4) is 0 Å². The van der Waals surface area contributed by atoms with Crippen LogP contribution < -0.4 is 5.90 Å². The molecular formula is C26H48NO3S+2. The third-order valence-electron chi connectivity index (χ3n) is 6.17. The Hall–Kier alpha value is -0.750. The van der Waals surface area contributed by atoms with Gasteiger partial charge in [-0.2, -0.15) is 5.90 Å². The highest BCUT2D eigenvalue weighted by Gasteiger charge is 2.39. The molecule has 0 amide bonds. The van der Waals surface area contributed by atoms with Gasteiger partial charge in [-0.1, -0.05) is 116 Å². The second kappa shape index (κ2) is 17.8. The molecule has 0 aromatic heterocycles. The smallest absolute Gasteiger partial charge is 0.158 e. The predicted molar refractivity (Wildman–Crippen MR) is 130 cm³/mol. The van der Waals surface area contributed by atoms with Gasteiger partial charge in [-0.3, -0.25) is 0 Å². The Bertz CT molecular complexity index is 621. The summed E-state index contributed by atoms with van der Waals surface area (Å²) in [5.74, 6) is 3.15. The van der Waals surface area contributed by atoms with E-state index in [4.69, 9.17) is 0 Å². The van der Waals surface area contributed by atoms with Crippen molar-refractivity contribution in [2.75, 3.05) is 0 Å². The van der Waals surface area contributed by atoms with Crippen molar-refractivity contribution < 1.29 is 18.9 Å². The van der Waals surface area contributed by atoms with E-state index in [9.17, 15) is 8.76 Å². The van der Waals surface area contributed by atoms with E-state index in [0.29, 0.717) is 4.90 Å². The molecule has 0 saturated carbocycles. The second-order valence-electron chi connectivity index (χ2n) is 8.96. The minimum absolute atomic E-state index is 0.296. The van der Waals surface area contributed by atoms with E-state index in [2.05, 4.69) is 30.1 Å². The van der Waals surface area contributed by atoms with E-state index in [0.717, 1.165) is 31.2 Å². The van der Waals surface area contributed by atoms with E-state index in [1.165, 1.54) is 95.5 Å². The molecule has 0 bridgehead atoms. The van der Waals surface area contributed by atoms with Crippen molar-refractivity contribution in [2.45, 2.75) is 134 Å². The first-order valence-corrected chi connectivity index (χ1v) is 14.3. The summed E-state index contributed by atoms with van der Waals surface area (Å²) in [6, 6.07) is 5.76. The molecule has 0 aliphatic heterocycles. The topological polar surface area (TPSA) is 73.8 Å². The maximum atomic E-state index is 12.3. The lowest BCUT2D eigenvalue weighted by Gasteiger charge is -2.08. The van der Waals surface area contributed by atoms with Crippen molar-refractivity contribution in [3.63, 3.8) is 0 Å². The summed E-state index contributed by atoms with van der Waals surface area (Å²) in [5.41, 5.74) is 2.13. The van der Waals surface area contributed by atoms with Crippen LogP contribution in [-0.4, -0.2) is 0 Å². The average Bonchev–Trinajstić information content (AvgIpc) is 2.77. The summed E-state index contributed by atoms with van der Waals surface area (Å²) in [4.78, 5) is 0.296. The van der Waals surface area contributed by atoms with Crippen LogP contribution in [0.5, 0.6) is 0 Å². The molecule has 0 aliphatic carbocycles. The molecule has 1 aromatic rings. The third kappa shape index (κ3) is 12.8. The van der Waals surface area contributed by atoms with Crippen LogP contribution in [0, 0.1) is 0 Å². The molecule has 0 heterocycles. The number of aryl methyl sites for hydroxylation is 2. The van der Waals surface area contributed by atoms with Gasteiger partial charge in [0.15, 0.2) is 0 Å². The van der Waals surface area contributed by atoms with Crippen LogP contribution >= 0.6 is 0 Å². The van der Waals surface area contributed by atoms with E-state index in [-0.39, 0.29) is 0 Å². The van der Waals surface area contributed by atoms with Crippen LogP contribution in [0.25, 0.3) is 0 Å². The fourth-order valence-corrected chi connectivity index (χ4v) is 5.05. The lowest BCUT2D eigenvalue weighted by molar-refractivity contribution is -0.637. The molecule has 0 fully saturated rings. The summed E-state index contributed by atoms with van der Waals surface area (Å²) >= 11 is 0. The average molecular weight is 455 g/mol. The van der Waals surface area contributed by atoms with Gasteiger partial charge >= 0.3 is 10.5 Å². The Labute approximate surface area is 193 Å². The first kappa shape index (κ1) is 28.3. The van der Waals surface area contributed by atoms with Crippen molar-refractivity contribution in [1.29, 1.82) is 0 Å². The van der Waals surface area contributed by atoms with Crippen molar-refractivity contribution in [1.82, 2.24) is 0 Å². The molecule has 1 rings (SSSR count). The molecule has 0 saturated heterocycles. The minimum atomic E-state index is -3.75. The van der Waals surface area contributed by atoms with Crippen molar-refractivity contribution >= 4 is 10.5 Å². The molecule has 1 atom stereocenters. The van der Waals surface area contributed by atoms with Gasteiger partial charge in [-0.15, -0.1) is 0 Å². The quantitative estimate of drug-likeness (QED) is 0.127. The highest BCUT2D eigenvalue weighted by Crippen LogP contribution is 2.26. The van der Waals surface area contributed by atoms with Crippen LogP contribution in [-0.2, 0) is 36.4 Å². The molecule has 1 unspecified atom stereocenters. The van der Waals surface area contributed by atoms with Gasteiger partial charge in [0.2, 0.25) is 4.90 Å². The SMILES string of the molecule is CCCCCCCCCCc1ccc([S+]([O])(=O)O[NH3+])c(CCCCCCCCCC)c1. The molecule has 3 N–H and O–H groups in total. The number of benzene rings is 1. The summed E-state index contributed by atoms with van der Waals surface area (Å²) < 4.78 is 29.1. The first-order valence-electron chi connectivity index (χ1n) is 12.9. The highest BCUT2D eigenvalue weighted by molar-refractivity contribution is 7.92. The molecule has 1 aromatic carbocycles. The van der Waals surface area contributed by atoms with E-state index < -0.39 is 10.5 Å². The lowest BCUT2D eigenvalue weighted by Crippen LogP contribution is -2.52. The summed E-state index contributed by atoms with van der Waals surface area (Å²) in [5, 5.41) is 0. The summed E-state index contributed by atoms with van der Waals surface area (Å²) in [7, 11) is -3.75. The molecule has 31 heavy (non-hydrogen) atoms. The van der Waals surface area contributed by atoms with Crippen LogP contribution in [0.2, 0.25) is 0 Å². The van der Waals surface area contributed by atoms with Gasteiger partial charge in [0.1, 0.15) is 0 Å². The Kier molecular flexibility index (Phi) is 16.2. The van der Waals surface area contributed by atoms with Gasteiger partial charge in [0.25, 0.3) is 0 Å². The van der Waals surface area contributed by atoms with E-state index >= 15 is 0 Å². The summed E-state index contributed by atoms with van der Waals surface area (Å²) in [6.45, 7) is 4.49. The molecule has 4 nitrogen and oxygen atoms in total. The zero-order chi connectivity index (χ0) is 22.8. The maximum absolute atomic E-state index is 12.3. The Morgan fingerprint density at radius 1 is 0.710 bits per heavy atom. The van der Waals surface area contributed by atoms with Gasteiger partial charge in [-0.25, -0.2) is 0 Å². The fraction of sp³-hybridized carbons (Fsp3) is 0.769. The van der Waals surface area contributed by atoms with E-state index in [1.54, 1.807) is 6.07 Å². The largest absolute Gasteiger partial charge is 0.482 e. The number of quaternary nitrogens is 1. The Morgan fingerprint density at radius 2 is 1.16 bits per heavy atom. The maximum Gasteiger partial charge on any atom is 0.482 e. The van der Waals surface area contributed by atoms with Crippen LogP contribution in [0.1, 0.15) is 128 Å². The number of hydrogen-bond acceptors (Lipinski definition) is 2. The number of rotatable bonds is 20. The van der Waals surface area contributed by atoms with E-state index in [1.807, 2.05) is 6.07 Å². The molecule has 5 heteroatoms. The monoisotopic (exact) mass is 454 g/mol. The number of unbranched alkanes of at least 4 members (excludes halogenated alkanes) is 14. The fourth-order valence-electron chi connectivity index (χ4n) is 4.20. The zero-order valence-electron chi connectivity index (χ0n) is 20.3. The van der Waals surface area contributed by atoms with Crippen molar-refractivity contribution in [2.24, 2.45) is 0 Å². The van der Waals surface area contributed by atoms with Gasteiger partial charge < -0.3 is 0 Å². The lowest BCUT2D eigenvalue weighted by atomic mass is 9.99. The van der Waals surface area contributed by atoms with Gasteiger partial charge in [-0.05, 0) is 35.5 Å². The van der Waals surface area contributed by atoms with Crippen LogP contribution in [0.4, 0.5) is 0 Å². The van der Waals surface area contributed by atoms with Gasteiger partial charge in [0, 0.05) is 11.6 Å². The second-order valence-corrected chi connectivity index (χ2v) is 10.5. The minimum Gasteiger partial charge on any atom is -0.158 e. The molecular weight excluding hydrogens is 406 g/mol. The summed E-state index contributed by atoms with van der Waals surface area (Å²) in [6.07, 6.45) is 22.2. The predicted octanol–water partition coefficient (Wildman–Crippen LogP) is 7.35. The van der Waals surface area contributed by atoms with Crippen molar-refractivity contribution in [3.05, 3.63) is 29.3 Å². The molecule has 0 spiro atoms. The third-order valence-corrected chi connectivity index (χ3v) is 7.42. The molecule has 179 valence electrons. The molecule has 1 radical (unpaired) electrons.